The van der Waals surface area contributed by atoms with Crippen LogP contribution in [0.3, 0.4) is 0 Å². The third kappa shape index (κ3) is 6.27. The Bertz CT molecular complexity index is 723. The van der Waals surface area contributed by atoms with Gasteiger partial charge in [0.15, 0.2) is 0 Å². The molecule has 0 spiro atoms. The van der Waals surface area contributed by atoms with Crippen molar-refractivity contribution < 1.29 is 9.59 Å². The number of hydrogen-bond donors (Lipinski definition) is 4. The topological polar surface area (TPSA) is 96.2 Å². The molecule has 0 saturated heterocycles. The summed E-state index contributed by atoms with van der Waals surface area (Å²) < 4.78 is 0. The molecule has 0 bridgehead atoms. The van der Waals surface area contributed by atoms with Crippen LogP contribution in [0.15, 0.2) is 54.6 Å². The van der Waals surface area contributed by atoms with Gasteiger partial charge in [-0.3, -0.25) is 4.79 Å². The van der Waals surface area contributed by atoms with Crippen LogP contribution < -0.4 is 21.7 Å². The molecule has 146 valence electrons. The van der Waals surface area contributed by atoms with E-state index in [4.69, 9.17) is 5.73 Å². The largest absolute Gasteiger partial charge is 0.345 e. The molecule has 0 aliphatic carbocycles. The summed E-state index contributed by atoms with van der Waals surface area (Å²) in [4.78, 5) is 24.4. The van der Waals surface area contributed by atoms with E-state index < -0.39 is 0 Å². The lowest BCUT2D eigenvalue weighted by atomic mass is 9.92. The molecule has 0 aromatic heterocycles. The van der Waals surface area contributed by atoms with E-state index in [9.17, 15) is 9.59 Å². The van der Waals surface area contributed by atoms with Crippen molar-refractivity contribution in [3.8, 4) is 0 Å². The van der Waals surface area contributed by atoms with Gasteiger partial charge in [-0.05, 0) is 49.2 Å². The lowest BCUT2D eigenvalue weighted by Crippen LogP contribution is -2.52. The van der Waals surface area contributed by atoms with Crippen LogP contribution in [-0.4, -0.2) is 24.0 Å². The third-order valence-electron chi connectivity index (χ3n) is 4.56. The number of carbonyl (C=O) groups is 2. The maximum Gasteiger partial charge on any atom is 0.323 e. The summed E-state index contributed by atoms with van der Waals surface area (Å²) in [5.74, 6) is -0.167. The third-order valence-corrected chi connectivity index (χ3v) is 4.56. The Kier molecular flexibility index (Phi) is 8.78. The summed E-state index contributed by atoms with van der Waals surface area (Å²) in [6.07, 6.45) is 1.54. The summed E-state index contributed by atoms with van der Waals surface area (Å²) in [5, 5.41) is 8.50. The minimum Gasteiger partial charge on any atom is -0.345 e. The van der Waals surface area contributed by atoms with Crippen LogP contribution in [0.25, 0.3) is 0 Å². The molecule has 0 fully saturated rings. The van der Waals surface area contributed by atoms with E-state index in [0.29, 0.717) is 23.5 Å². The highest BCUT2D eigenvalue weighted by molar-refractivity contribution is 6.00. The molecule has 2 rings (SSSR count). The first-order chi connectivity index (χ1) is 12.5. The Labute approximate surface area is 166 Å². The first-order valence-corrected chi connectivity index (χ1v) is 8.77. The summed E-state index contributed by atoms with van der Waals surface area (Å²) >= 11 is 0. The number of hydrogen-bond acceptors (Lipinski definition) is 3. The molecule has 0 aliphatic heterocycles. The van der Waals surface area contributed by atoms with Gasteiger partial charge in [-0.1, -0.05) is 32.0 Å². The molecule has 0 heterocycles. The summed E-state index contributed by atoms with van der Waals surface area (Å²) in [6, 6.07) is 15.6. The quantitative estimate of drug-likeness (QED) is 0.575. The van der Waals surface area contributed by atoms with Crippen LogP contribution in [0.1, 0.15) is 37.0 Å². The number of amides is 3. The van der Waals surface area contributed by atoms with Crippen molar-refractivity contribution in [3.63, 3.8) is 0 Å². The molecule has 2 aromatic carbocycles. The van der Waals surface area contributed by atoms with Gasteiger partial charge >= 0.3 is 6.03 Å². The van der Waals surface area contributed by atoms with Crippen molar-refractivity contribution in [2.24, 2.45) is 5.73 Å². The van der Waals surface area contributed by atoms with Gasteiger partial charge < -0.3 is 21.7 Å². The second-order valence-electron chi connectivity index (χ2n) is 6.17. The fourth-order valence-corrected chi connectivity index (χ4v) is 2.60. The molecule has 0 unspecified atom stereocenters. The Morgan fingerprint density at radius 1 is 0.889 bits per heavy atom. The SMILES string of the molecule is CCC(CC)(CN)NC(=O)c1ccc(NC(=O)Nc2ccccc2)cc1.Cl. The van der Waals surface area contributed by atoms with E-state index in [1.165, 1.54) is 0 Å². The van der Waals surface area contributed by atoms with Crippen molar-refractivity contribution in [1.82, 2.24) is 5.32 Å². The number of anilines is 2. The van der Waals surface area contributed by atoms with Crippen LogP contribution in [0, 0.1) is 0 Å². The predicted molar refractivity (Wildman–Crippen MR) is 113 cm³/mol. The van der Waals surface area contributed by atoms with Gasteiger partial charge in [0.05, 0.1) is 5.54 Å². The molecule has 27 heavy (non-hydrogen) atoms. The molecular weight excluding hydrogens is 364 g/mol. The van der Waals surface area contributed by atoms with Crippen LogP contribution in [0.2, 0.25) is 0 Å². The highest BCUT2D eigenvalue weighted by atomic mass is 35.5. The van der Waals surface area contributed by atoms with Crippen molar-refractivity contribution in [3.05, 3.63) is 60.2 Å². The lowest BCUT2D eigenvalue weighted by molar-refractivity contribution is 0.0895. The minimum absolute atomic E-state index is 0. The van der Waals surface area contributed by atoms with E-state index in [1.807, 2.05) is 32.0 Å². The number of nitrogens with two attached hydrogens (primary N) is 1. The zero-order valence-corrected chi connectivity index (χ0v) is 16.4. The second-order valence-corrected chi connectivity index (χ2v) is 6.17. The van der Waals surface area contributed by atoms with Gasteiger partial charge in [0.2, 0.25) is 0 Å². The van der Waals surface area contributed by atoms with Gasteiger partial charge in [0.25, 0.3) is 5.91 Å². The number of para-hydroxylation sites is 1. The lowest BCUT2D eigenvalue weighted by Gasteiger charge is -2.31. The predicted octanol–water partition coefficient (Wildman–Crippen LogP) is 4.00. The Morgan fingerprint density at radius 3 is 1.89 bits per heavy atom. The minimum atomic E-state index is -0.385. The number of urea groups is 1. The Morgan fingerprint density at radius 2 is 1.41 bits per heavy atom. The van der Waals surface area contributed by atoms with Gasteiger partial charge in [0.1, 0.15) is 0 Å². The first-order valence-electron chi connectivity index (χ1n) is 8.77. The Balaban J connectivity index is 0.00000364. The standard InChI is InChI=1S/C20H26N4O2.ClH/c1-3-20(4-2,14-21)24-18(25)15-10-12-17(13-11-15)23-19(26)22-16-8-6-5-7-9-16;/h5-13H,3-4,14,21H2,1-2H3,(H,24,25)(H2,22,23,26);1H. The van der Waals surface area contributed by atoms with E-state index in [1.54, 1.807) is 36.4 Å². The first kappa shape index (κ1) is 22.5. The van der Waals surface area contributed by atoms with E-state index in [2.05, 4.69) is 16.0 Å². The maximum absolute atomic E-state index is 12.4. The summed E-state index contributed by atoms with van der Waals surface area (Å²) in [7, 11) is 0. The zero-order valence-electron chi connectivity index (χ0n) is 15.6. The number of carbonyl (C=O) groups excluding carboxylic acids is 2. The van der Waals surface area contributed by atoms with E-state index in [0.717, 1.165) is 12.8 Å². The van der Waals surface area contributed by atoms with Crippen molar-refractivity contribution >= 4 is 35.7 Å². The molecule has 0 aliphatic rings. The molecular formula is C20H27ClN4O2. The Hall–Kier alpha value is -2.57. The molecule has 7 heteroatoms. The van der Waals surface area contributed by atoms with Crippen LogP contribution in [0.4, 0.5) is 16.2 Å². The highest BCUT2D eigenvalue weighted by Gasteiger charge is 2.26. The van der Waals surface area contributed by atoms with Gasteiger partial charge in [-0.15, -0.1) is 12.4 Å². The second kappa shape index (κ2) is 10.5. The number of rotatable bonds is 7. The molecule has 0 atom stereocenters. The van der Waals surface area contributed by atoms with E-state index in [-0.39, 0.29) is 29.9 Å². The molecule has 6 nitrogen and oxygen atoms in total. The van der Waals surface area contributed by atoms with Crippen LogP contribution in [0.5, 0.6) is 0 Å². The van der Waals surface area contributed by atoms with Gasteiger partial charge in [-0.25, -0.2) is 4.79 Å². The summed E-state index contributed by atoms with van der Waals surface area (Å²) in [5.41, 5.74) is 7.28. The van der Waals surface area contributed by atoms with Crippen LogP contribution >= 0.6 is 12.4 Å². The molecule has 5 N–H and O–H groups in total. The number of halogens is 1. The highest BCUT2D eigenvalue weighted by Crippen LogP contribution is 2.16. The molecule has 3 amide bonds. The van der Waals surface area contributed by atoms with Crippen molar-refractivity contribution in [2.75, 3.05) is 17.2 Å². The van der Waals surface area contributed by atoms with Gasteiger partial charge in [0, 0.05) is 23.5 Å². The smallest absolute Gasteiger partial charge is 0.323 e. The average molecular weight is 391 g/mol. The molecule has 0 radical (unpaired) electrons. The van der Waals surface area contributed by atoms with Crippen molar-refractivity contribution in [1.29, 1.82) is 0 Å². The average Bonchev–Trinajstić information content (AvgIpc) is 2.67. The van der Waals surface area contributed by atoms with Crippen LogP contribution in [-0.2, 0) is 0 Å². The monoisotopic (exact) mass is 390 g/mol. The fourth-order valence-electron chi connectivity index (χ4n) is 2.60. The summed E-state index contributed by atoms with van der Waals surface area (Å²) in [6.45, 7) is 4.41. The fraction of sp³-hybridized carbons (Fsp3) is 0.300. The van der Waals surface area contributed by atoms with Gasteiger partial charge in [-0.2, -0.15) is 0 Å². The molecule has 2 aromatic rings. The normalized spacial score (nSPS) is 10.5. The maximum atomic E-state index is 12.4. The van der Waals surface area contributed by atoms with E-state index >= 15 is 0 Å². The molecule has 0 saturated carbocycles. The number of benzene rings is 2. The number of nitrogens with one attached hydrogen (secondary N) is 3. The zero-order chi connectivity index (χ0) is 19.0. The van der Waals surface area contributed by atoms with Crippen molar-refractivity contribution in [2.45, 2.75) is 32.2 Å².